The fourth-order valence-electron chi connectivity index (χ4n) is 0.841. The summed E-state index contributed by atoms with van der Waals surface area (Å²) in [6.45, 7) is 10.2. The Morgan fingerprint density at radius 2 is 1.60 bits per heavy atom. The normalized spacial score (nSPS) is 18.6. The van der Waals surface area contributed by atoms with Crippen LogP contribution in [0.25, 0.3) is 0 Å². The highest BCUT2D eigenvalue weighted by Gasteiger charge is 2.21. The quantitative estimate of drug-likeness (QED) is 0.560. The third-order valence-corrected chi connectivity index (χ3v) is 2.16. The van der Waals surface area contributed by atoms with Crippen molar-refractivity contribution in [2.24, 2.45) is 11.3 Å². The fraction of sp³-hybridized carbons (Fsp3) is 1.00. The molecule has 0 bridgehead atoms. The van der Waals surface area contributed by atoms with Gasteiger partial charge in [-0.15, -0.1) is 0 Å². The minimum absolute atomic E-state index is 0.250. The van der Waals surface area contributed by atoms with E-state index in [1.54, 1.807) is 6.92 Å². The average Bonchev–Trinajstić information content (AvgIpc) is 1.60. The number of rotatable bonds is 2. The smallest absolute Gasteiger partial charge is 0.0976 e. The first-order chi connectivity index (χ1) is 4.34. The highest BCUT2D eigenvalue weighted by molar-refractivity contribution is 4.71. The second-order valence-electron chi connectivity index (χ2n) is 4.28. The number of hydrogen-bond donors (Lipinski definition) is 0. The van der Waals surface area contributed by atoms with Crippen molar-refractivity contribution in [3.05, 3.63) is 0 Å². The van der Waals surface area contributed by atoms with Gasteiger partial charge in [0.2, 0.25) is 0 Å². The maximum absolute atomic E-state index is 12.5. The van der Waals surface area contributed by atoms with Gasteiger partial charge in [0.1, 0.15) is 0 Å². The predicted molar refractivity (Wildman–Crippen MR) is 43.8 cm³/mol. The van der Waals surface area contributed by atoms with Crippen molar-refractivity contribution >= 4 is 0 Å². The maximum atomic E-state index is 12.5. The molecule has 0 saturated heterocycles. The van der Waals surface area contributed by atoms with E-state index in [2.05, 4.69) is 27.7 Å². The summed E-state index contributed by atoms with van der Waals surface area (Å²) in [5.41, 5.74) is 0.250. The van der Waals surface area contributed by atoms with Crippen LogP contribution in [0.5, 0.6) is 0 Å². The van der Waals surface area contributed by atoms with Gasteiger partial charge in [0.05, 0.1) is 6.17 Å². The number of alkyl halides is 1. The summed E-state index contributed by atoms with van der Waals surface area (Å²) in [6, 6.07) is 0. The van der Waals surface area contributed by atoms with Crippen LogP contribution in [0.3, 0.4) is 0 Å². The Morgan fingerprint density at radius 3 is 1.70 bits per heavy atom. The summed E-state index contributed by atoms with van der Waals surface area (Å²) in [6.07, 6.45) is 0.0259. The van der Waals surface area contributed by atoms with E-state index < -0.39 is 6.17 Å². The zero-order valence-electron chi connectivity index (χ0n) is 7.74. The molecule has 0 aliphatic heterocycles. The van der Waals surface area contributed by atoms with Gasteiger partial charge < -0.3 is 0 Å². The molecule has 0 nitrogen and oxygen atoms in total. The molecule has 0 aliphatic carbocycles. The van der Waals surface area contributed by atoms with Crippen LogP contribution >= 0.6 is 0 Å². The minimum atomic E-state index is -0.658. The first kappa shape index (κ1) is 9.93. The van der Waals surface area contributed by atoms with E-state index in [0.717, 1.165) is 0 Å². The van der Waals surface area contributed by atoms with Crippen LogP contribution < -0.4 is 0 Å². The molecule has 0 N–H and O–H groups in total. The van der Waals surface area contributed by atoms with Crippen LogP contribution in [0.4, 0.5) is 4.39 Å². The third-order valence-electron chi connectivity index (χ3n) is 2.16. The molecular weight excluding hydrogens is 127 g/mol. The van der Waals surface area contributed by atoms with Gasteiger partial charge in [0.25, 0.3) is 0 Å². The Morgan fingerprint density at radius 1 is 1.20 bits per heavy atom. The Balaban J connectivity index is 3.73. The Bertz CT molecular complexity index is 89.4. The molecule has 0 saturated carbocycles. The minimum Gasteiger partial charge on any atom is -0.248 e. The van der Waals surface area contributed by atoms with Crippen molar-refractivity contribution in [1.29, 1.82) is 0 Å². The third kappa shape index (κ3) is 3.86. The summed E-state index contributed by atoms with van der Waals surface area (Å²) in [7, 11) is 0. The lowest BCUT2D eigenvalue weighted by atomic mass is 9.79. The second kappa shape index (κ2) is 3.36. The van der Waals surface area contributed by atoms with Crippen LogP contribution in [-0.2, 0) is 0 Å². The van der Waals surface area contributed by atoms with Crippen LogP contribution in [0.1, 0.15) is 41.0 Å². The van der Waals surface area contributed by atoms with Gasteiger partial charge >= 0.3 is 0 Å². The van der Waals surface area contributed by atoms with Gasteiger partial charge in [-0.25, -0.2) is 4.39 Å². The van der Waals surface area contributed by atoms with Crippen molar-refractivity contribution in [2.45, 2.75) is 47.2 Å². The van der Waals surface area contributed by atoms with Gasteiger partial charge in [0.15, 0.2) is 0 Å². The van der Waals surface area contributed by atoms with Gasteiger partial charge in [0, 0.05) is 0 Å². The van der Waals surface area contributed by atoms with E-state index in [4.69, 9.17) is 0 Å². The molecule has 0 heterocycles. The molecule has 0 fully saturated rings. The van der Waals surface area contributed by atoms with E-state index >= 15 is 0 Å². The lowest BCUT2D eigenvalue weighted by Crippen LogP contribution is -2.19. The standard InChI is InChI=1S/C9H19F/c1-7(6-8(2)10)9(3,4)5/h7-8H,6H2,1-5H3. The van der Waals surface area contributed by atoms with Gasteiger partial charge in [-0.05, 0) is 24.7 Å². The molecule has 0 radical (unpaired) electrons. The highest BCUT2D eigenvalue weighted by Crippen LogP contribution is 2.29. The largest absolute Gasteiger partial charge is 0.248 e. The summed E-state index contributed by atoms with van der Waals surface area (Å²) in [5, 5.41) is 0. The second-order valence-corrected chi connectivity index (χ2v) is 4.28. The average molecular weight is 146 g/mol. The topological polar surface area (TPSA) is 0 Å². The van der Waals surface area contributed by atoms with E-state index in [0.29, 0.717) is 12.3 Å². The molecule has 0 aromatic rings. The molecule has 0 amide bonds. The van der Waals surface area contributed by atoms with Crippen molar-refractivity contribution in [2.75, 3.05) is 0 Å². The first-order valence-corrected chi connectivity index (χ1v) is 3.98. The summed E-state index contributed by atoms with van der Waals surface area (Å²) < 4.78 is 12.5. The van der Waals surface area contributed by atoms with E-state index in [9.17, 15) is 4.39 Å². The van der Waals surface area contributed by atoms with Crippen LogP contribution in [-0.4, -0.2) is 6.17 Å². The Labute approximate surface area is 63.8 Å². The number of hydrogen-bond acceptors (Lipinski definition) is 0. The monoisotopic (exact) mass is 146 g/mol. The summed E-state index contributed by atoms with van der Waals surface area (Å²) in [5.74, 6) is 0.465. The van der Waals surface area contributed by atoms with Crippen molar-refractivity contribution < 1.29 is 4.39 Å². The molecule has 1 heteroatoms. The molecule has 0 rings (SSSR count). The molecule has 0 spiro atoms. The van der Waals surface area contributed by atoms with Crippen molar-refractivity contribution in [1.82, 2.24) is 0 Å². The van der Waals surface area contributed by atoms with Crippen LogP contribution in [0.15, 0.2) is 0 Å². The van der Waals surface area contributed by atoms with Gasteiger partial charge in [-0.2, -0.15) is 0 Å². The van der Waals surface area contributed by atoms with Crippen molar-refractivity contribution in [3.63, 3.8) is 0 Å². The summed E-state index contributed by atoms with van der Waals surface area (Å²) in [4.78, 5) is 0. The molecule has 10 heavy (non-hydrogen) atoms. The lowest BCUT2D eigenvalue weighted by Gasteiger charge is -2.27. The van der Waals surface area contributed by atoms with Gasteiger partial charge in [-0.3, -0.25) is 0 Å². The lowest BCUT2D eigenvalue weighted by molar-refractivity contribution is 0.192. The van der Waals surface area contributed by atoms with Crippen LogP contribution in [0, 0.1) is 11.3 Å². The Hall–Kier alpha value is -0.0700. The first-order valence-electron chi connectivity index (χ1n) is 3.98. The zero-order chi connectivity index (χ0) is 8.36. The molecule has 0 aliphatic rings. The maximum Gasteiger partial charge on any atom is 0.0976 e. The SMILES string of the molecule is CC(F)CC(C)C(C)(C)C. The molecular formula is C9H19F. The predicted octanol–water partition coefficient (Wildman–Crippen LogP) is 3.42. The molecule has 62 valence electrons. The van der Waals surface area contributed by atoms with Gasteiger partial charge in [-0.1, -0.05) is 27.7 Å². The number of halogens is 1. The molecule has 2 atom stereocenters. The fourth-order valence-corrected chi connectivity index (χ4v) is 0.841. The molecule has 0 aromatic heterocycles. The van der Waals surface area contributed by atoms with E-state index in [1.165, 1.54) is 0 Å². The zero-order valence-corrected chi connectivity index (χ0v) is 7.74. The van der Waals surface area contributed by atoms with E-state index in [1.807, 2.05) is 0 Å². The van der Waals surface area contributed by atoms with Crippen LogP contribution in [0.2, 0.25) is 0 Å². The summed E-state index contributed by atoms with van der Waals surface area (Å²) >= 11 is 0. The van der Waals surface area contributed by atoms with E-state index in [-0.39, 0.29) is 5.41 Å². The van der Waals surface area contributed by atoms with Crippen molar-refractivity contribution in [3.8, 4) is 0 Å². The molecule has 2 unspecified atom stereocenters. The Kier molecular flexibility index (Phi) is 3.34. The highest BCUT2D eigenvalue weighted by atomic mass is 19.1. The molecule has 0 aromatic carbocycles.